The van der Waals surface area contributed by atoms with Crippen molar-refractivity contribution in [2.24, 2.45) is 0 Å². The van der Waals surface area contributed by atoms with Crippen molar-refractivity contribution in [3.63, 3.8) is 0 Å². The van der Waals surface area contributed by atoms with Crippen molar-refractivity contribution in [1.29, 1.82) is 0 Å². The third-order valence-electron chi connectivity index (χ3n) is 3.14. The van der Waals surface area contributed by atoms with Crippen LogP contribution >= 0.6 is 0 Å². The van der Waals surface area contributed by atoms with Crippen molar-refractivity contribution < 1.29 is 9.13 Å². The molecule has 1 aromatic heterocycles. The number of aromatic nitrogens is 1. The fraction of sp³-hybridized carbons (Fsp3) is 0.267. The number of ether oxygens (including phenoxy) is 1. The first-order valence-electron chi connectivity index (χ1n) is 6.36. The summed E-state index contributed by atoms with van der Waals surface area (Å²) in [6.07, 6.45) is 2.49. The normalized spacial score (nSPS) is 10.3. The van der Waals surface area contributed by atoms with Gasteiger partial charge >= 0.3 is 0 Å². The van der Waals surface area contributed by atoms with Gasteiger partial charge in [0.15, 0.2) is 0 Å². The molecule has 2 N–H and O–H groups in total. The Morgan fingerprint density at radius 1 is 1.35 bits per heavy atom. The van der Waals surface area contributed by atoms with E-state index in [1.165, 1.54) is 13.2 Å². The molecule has 0 saturated carbocycles. The first-order valence-corrected chi connectivity index (χ1v) is 6.36. The largest absolute Gasteiger partial charge is 0.495 e. The number of pyridine rings is 1. The van der Waals surface area contributed by atoms with Crippen LogP contribution in [-0.4, -0.2) is 25.7 Å². The Bertz CT molecular complexity index is 575. The minimum Gasteiger partial charge on any atom is -0.495 e. The van der Waals surface area contributed by atoms with Crippen LogP contribution in [0.3, 0.4) is 0 Å². The number of nitrogens with zero attached hydrogens (tertiary/aromatic N) is 2. The van der Waals surface area contributed by atoms with Gasteiger partial charge in [-0.15, -0.1) is 0 Å². The number of rotatable bonds is 5. The Kier molecular flexibility index (Phi) is 4.40. The van der Waals surface area contributed by atoms with Gasteiger partial charge in [-0.05, 0) is 12.1 Å². The molecule has 4 nitrogen and oxygen atoms in total. The standard InChI is InChI=1S/C15H18FN3O/c1-19(8-6-11-5-3-4-7-18-11)14-10-15(20-2)13(17)9-12(14)16/h3-5,7,9-10H,6,8,17H2,1-2H3. The van der Waals surface area contributed by atoms with Crippen molar-refractivity contribution in [3.05, 3.63) is 48.0 Å². The minimum atomic E-state index is -0.355. The van der Waals surface area contributed by atoms with Gasteiger partial charge in [-0.2, -0.15) is 0 Å². The van der Waals surface area contributed by atoms with Crippen LogP contribution in [0.1, 0.15) is 5.69 Å². The predicted octanol–water partition coefficient (Wildman–Crippen LogP) is 2.49. The summed E-state index contributed by atoms with van der Waals surface area (Å²) >= 11 is 0. The Labute approximate surface area is 118 Å². The molecular formula is C15H18FN3O. The molecule has 1 heterocycles. The second kappa shape index (κ2) is 6.23. The lowest BCUT2D eigenvalue weighted by Crippen LogP contribution is -2.22. The molecule has 0 spiro atoms. The molecule has 0 bridgehead atoms. The van der Waals surface area contributed by atoms with Crippen LogP contribution in [-0.2, 0) is 6.42 Å². The molecule has 1 aromatic carbocycles. The van der Waals surface area contributed by atoms with Crippen molar-refractivity contribution in [3.8, 4) is 5.75 Å². The molecule has 0 aliphatic heterocycles. The number of nitrogen functional groups attached to an aromatic ring is 1. The van der Waals surface area contributed by atoms with Crippen LogP contribution in [0.2, 0.25) is 0 Å². The predicted molar refractivity (Wildman–Crippen MR) is 78.6 cm³/mol. The van der Waals surface area contributed by atoms with E-state index >= 15 is 0 Å². The lowest BCUT2D eigenvalue weighted by Gasteiger charge is -2.21. The van der Waals surface area contributed by atoms with E-state index in [1.54, 1.807) is 12.3 Å². The van der Waals surface area contributed by atoms with E-state index in [0.29, 0.717) is 23.7 Å². The molecule has 0 aliphatic rings. The Morgan fingerprint density at radius 3 is 2.80 bits per heavy atom. The van der Waals surface area contributed by atoms with Gasteiger partial charge in [-0.3, -0.25) is 4.98 Å². The number of halogens is 1. The first kappa shape index (κ1) is 14.1. The van der Waals surface area contributed by atoms with Crippen LogP contribution in [0.25, 0.3) is 0 Å². The van der Waals surface area contributed by atoms with E-state index in [-0.39, 0.29) is 5.82 Å². The fourth-order valence-electron chi connectivity index (χ4n) is 1.98. The van der Waals surface area contributed by atoms with Gasteiger partial charge in [-0.25, -0.2) is 4.39 Å². The topological polar surface area (TPSA) is 51.4 Å². The summed E-state index contributed by atoms with van der Waals surface area (Å²) in [5, 5.41) is 0. The monoisotopic (exact) mass is 275 g/mol. The average Bonchev–Trinajstić information content (AvgIpc) is 2.46. The van der Waals surface area contributed by atoms with E-state index in [9.17, 15) is 4.39 Å². The highest BCUT2D eigenvalue weighted by Crippen LogP contribution is 2.30. The molecule has 0 fully saturated rings. The maximum atomic E-state index is 14.0. The molecule has 0 aliphatic carbocycles. The number of hydrogen-bond acceptors (Lipinski definition) is 4. The van der Waals surface area contributed by atoms with Gasteiger partial charge in [0.05, 0.1) is 18.5 Å². The highest BCUT2D eigenvalue weighted by Gasteiger charge is 2.12. The zero-order valence-electron chi connectivity index (χ0n) is 11.6. The third kappa shape index (κ3) is 3.17. The summed E-state index contributed by atoms with van der Waals surface area (Å²) in [5.41, 5.74) is 7.41. The molecule has 0 radical (unpaired) electrons. The van der Waals surface area contributed by atoms with Crippen molar-refractivity contribution in [2.45, 2.75) is 6.42 Å². The quantitative estimate of drug-likeness (QED) is 0.852. The molecule has 20 heavy (non-hydrogen) atoms. The molecule has 2 aromatic rings. The molecule has 0 unspecified atom stereocenters. The first-order chi connectivity index (χ1) is 9.61. The lowest BCUT2D eigenvalue weighted by molar-refractivity contribution is 0.416. The number of benzene rings is 1. The van der Waals surface area contributed by atoms with Crippen LogP contribution in [0.15, 0.2) is 36.5 Å². The van der Waals surface area contributed by atoms with Crippen LogP contribution < -0.4 is 15.4 Å². The van der Waals surface area contributed by atoms with Gasteiger partial charge in [0.25, 0.3) is 0 Å². The molecule has 0 amide bonds. The average molecular weight is 275 g/mol. The second-order valence-corrected chi connectivity index (χ2v) is 4.54. The molecular weight excluding hydrogens is 257 g/mol. The lowest BCUT2D eigenvalue weighted by atomic mass is 10.2. The summed E-state index contributed by atoms with van der Waals surface area (Å²) in [4.78, 5) is 6.07. The van der Waals surface area contributed by atoms with E-state index < -0.39 is 0 Å². The highest BCUT2D eigenvalue weighted by molar-refractivity contribution is 5.63. The van der Waals surface area contributed by atoms with Gasteiger partial charge < -0.3 is 15.4 Å². The molecule has 0 saturated heterocycles. The van der Waals surface area contributed by atoms with Crippen LogP contribution in [0, 0.1) is 5.82 Å². The summed E-state index contributed by atoms with van der Waals surface area (Å²) in [5.74, 6) is 0.123. The number of methoxy groups -OCH3 is 1. The van der Waals surface area contributed by atoms with Crippen molar-refractivity contribution >= 4 is 11.4 Å². The summed E-state index contributed by atoms with van der Waals surface area (Å²) in [6, 6.07) is 8.66. The van der Waals surface area contributed by atoms with Crippen LogP contribution in [0.5, 0.6) is 5.75 Å². The Morgan fingerprint density at radius 2 is 2.15 bits per heavy atom. The van der Waals surface area contributed by atoms with Crippen molar-refractivity contribution in [2.75, 3.05) is 31.3 Å². The summed E-state index contributed by atoms with van der Waals surface area (Å²) < 4.78 is 19.1. The molecule has 106 valence electrons. The summed E-state index contributed by atoms with van der Waals surface area (Å²) in [6.45, 7) is 0.654. The Balaban J connectivity index is 2.11. The maximum absolute atomic E-state index is 14.0. The molecule has 2 rings (SSSR count). The van der Waals surface area contributed by atoms with E-state index in [1.807, 2.05) is 30.1 Å². The zero-order chi connectivity index (χ0) is 14.5. The highest BCUT2D eigenvalue weighted by atomic mass is 19.1. The maximum Gasteiger partial charge on any atom is 0.148 e. The van der Waals surface area contributed by atoms with Crippen LogP contribution in [0.4, 0.5) is 15.8 Å². The number of anilines is 2. The number of hydrogen-bond donors (Lipinski definition) is 1. The van der Waals surface area contributed by atoms with Gasteiger partial charge in [-0.1, -0.05) is 6.07 Å². The SMILES string of the molecule is COc1cc(N(C)CCc2ccccn2)c(F)cc1N. The minimum absolute atomic E-state index is 0.298. The van der Waals surface area contributed by atoms with Gasteiger partial charge in [0.2, 0.25) is 0 Å². The van der Waals surface area contributed by atoms with E-state index in [2.05, 4.69) is 4.98 Å². The fourth-order valence-corrected chi connectivity index (χ4v) is 1.98. The van der Waals surface area contributed by atoms with E-state index in [0.717, 1.165) is 12.1 Å². The second-order valence-electron chi connectivity index (χ2n) is 4.54. The van der Waals surface area contributed by atoms with Gasteiger partial charge in [0.1, 0.15) is 11.6 Å². The Hall–Kier alpha value is -2.30. The summed E-state index contributed by atoms with van der Waals surface area (Å²) in [7, 11) is 3.35. The third-order valence-corrected chi connectivity index (χ3v) is 3.14. The molecule has 5 heteroatoms. The van der Waals surface area contributed by atoms with Crippen molar-refractivity contribution in [1.82, 2.24) is 4.98 Å². The number of nitrogens with two attached hydrogens (primary N) is 1. The smallest absolute Gasteiger partial charge is 0.148 e. The van der Waals surface area contributed by atoms with Gasteiger partial charge in [0, 0.05) is 44.0 Å². The zero-order valence-corrected chi connectivity index (χ0v) is 11.6. The molecule has 0 atom stereocenters. The van der Waals surface area contributed by atoms with E-state index in [4.69, 9.17) is 10.5 Å². The number of likely N-dealkylation sites (N-methyl/N-ethyl adjacent to an activating group) is 1.